The van der Waals surface area contributed by atoms with Gasteiger partial charge in [0.15, 0.2) is 0 Å². The predicted molar refractivity (Wildman–Crippen MR) is 99.1 cm³/mol. The minimum Gasteiger partial charge on any atom is -0.325 e. The lowest BCUT2D eigenvalue weighted by molar-refractivity contribution is -0.118. The van der Waals surface area contributed by atoms with Crippen molar-refractivity contribution in [2.45, 2.75) is 19.0 Å². The predicted octanol–water partition coefficient (Wildman–Crippen LogP) is 3.40. The molecular weight excluding hydrogens is 310 g/mol. The molecule has 124 valence electrons. The largest absolute Gasteiger partial charge is 0.325 e. The van der Waals surface area contributed by atoms with Crippen LogP contribution in [0.15, 0.2) is 73.1 Å². The van der Waals surface area contributed by atoms with Crippen LogP contribution in [0.3, 0.4) is 0 Å². The van der Waals surface area contributed by atoms with Gasteiger partial charge in [-0.2, -0.15) is 0 Å². The molecule has 3 aromatic rings. The summed E-state index contributed by atoms with van der Waals surface area (Å²) in [6, 6.07) is 19.9. The molecule has 2 heterocycles. The standard InChI is InChI=1S/C21H19N3O/c25-21(20-13-17-3-1-2-4-18(17)14-23-20)24-19-7-5-15(6-8-19)16-9-11-22-12-10-16/h1-12,20,23H,13-14H2,(H,24,25)/t20-/m0/s1. The summed E-state index contributed by atoms with van der Waals surface area (Å²) in [6.07, 6.45) is 4.27. The van der Waals surface area contributed by atoms with E-state index in [2.05, 4.69) is 27.8 Å². The third kappa shape index (κ3) is 3.44. The van der Waals surface area contributed by atoms with Crippen molar-refractivity contribution in [1.82, 2.24) is 10.3 Å². The van der Waals surface area contributed by atoms with Gasteiger partial charge in [0.1, 0.15) is 0 Å². The zero-order valence-electron chi connectivity index (χ0n) is 13.8. The van der Waals surface area contributed by atoms with Crippen molar-refractivity contribution in [1.29, 1.82) is 0 Å². The van der Waals surface area contributed by atoms with E-state index in [0.29, 0.717) is 0 Å². The highest BCUT2D eigenvalue weighted by molar-refractivity contribution is 5.95. The van der Waals surface area contributed by atoms with Crippen molar-refractivity contribution >= 4 is 11.6 Å². The van der Waals surface area contributed by atoms with Gasteiger partial charge < -0.3 is 10.6 Å². The van der Waals surface area contributed by atoms with Crippen LogP contribution in [-0.2, 0) is 17.8 Å². The number of hydrogen-bond donors (Lipinski definition) is 2. The molecule has 0 saturated heterocycles. The summed E-state index contributed by atoms with van der Waals surface area (Å²) in [7, 11) is 0. The number of carbonyl (C=O) groups is 1. The number of aromatic nitrogens is 1. The summed E-state index contributed by atoms with van der Waals surface area (Å²) in [4.78, 5) is 16.6. The van der Waals surface area contributed by atoms with Crippen molar-refractivity contribution < 1.29 is 4.79 Å². The highest BCUT2D eigenvalue weighted by Gasteiger charge is 2.23. The van der Waals surface area contributed by atoms with Crippen molar-refractivity contribution in [3.05, 3.63) is 84.2 Å². The van der Waals surface area contributed by atoms with Gasteiger partial charge in [0.05, 0.1) is 6.04 Å². The number of carbonyl (C=O) groups excluding carboxylic acids is 1. The minimum absolute atomic E-state index is 0.00571. The van der Waals surface area contributed by atoms with Crippen LogP contribution >= 0.6 is 0 Å². The molecule has 4 heteroatoms. The maximum atomic E-state index is 12.6. The Morgan fingerprint density at radius 2 is 1.60 bits per heavy atom. The van der Waals surface area contributed by atoms with E-state index in [9.17, 15) is 4.79 Å². The number of pyridine rings is 1. The van der Waals surface area contributed by atoms with Gasteiger partial charge >= 0.3 is 0 Å². The van der Waals surface area contributed by atoms with Crippen LogP contribution in [-0.4, -0.2) is 16.9 Å². The summed E-state index contributed by atoms with van der Waals surface area (Å²) in [6.45, 7) is 0.731. The van der Waals surface area contributed by atoms with Crippen LogP contribution < -0.4 is 10.6 Å². The first-order valence-corrected chi connectivity index (χ1v) is 8.41. The number of hydrogen-bond acceptors (Lipinski definition) is 3. The number of nitrogens with zero attached hydrogens (tertiary/aromatic N) is 1. The number of benzene rings is 2. The van der Waals surface area contributed by atoms with Crippen molar-refractivity contribution in [2.24, 2.45) is 0 Å². The van der Waals surface area contributed by atoms with Crippen LogP contribution in [0.25, 0.3) is 11.1 Å². The number of amides is 1. The lowest BCUT2D eigenvalue weighted by Crippen LogP contribution is -2.44. The second kappa shape index (κ2) is 6.87. The van der Waals surface area contributed by atoms with Gasteiger partial charge in [0, 0.05) is 24.6 Å². The van der Waals surface area contributed by atoms with Crippen LogP contribution in [0.1, 0.15) is 11.1 Å². The van der Waals surface area contributed by atoms with E-state index in [4.69, 9.17) is 0 Å². The molecule has 25 heavy (non-hydrogen) atoms. The Morgan fingerprint density at radius 3 is 2.36 bits per heavy atom. The Balaban J connectivity index is 1.43. The van der Waals surface area contributed by atoms with Gasteiger partial charge in [-0.25, -0.2) is 0 Å². The fourth-order valence-corrected chi connectivity index (χ4v) is 3.16. The van der Waals surface area contributed by atoms with Crippen molar-refractivity contribution in [2.75, 3.05) is 5.32 Å². The monoisotopic (exact) mass is 329 g/mol. The SMILES string of the molecule is O=C(Nc1ccc(-c2ccncc2)cc1)[C@@H]1Cc2ccccc2CN1. The third-order valence-electron chi connectivity index (χ3n) is 4.56. The molecule has 1 aliphatic rings. The molecule has 0 radical (unpaired) electrons. The molecule has 2 N–H and O–H groups in total. The minimum atomic E-state index is -0.199. The van der Waals surface area contributed by atoms with E-state index in [0.717, 1.165) is 29.8 Å². The van der Waals surface area contributed by atoms with E-state index in [1.54, 1.807) is 12.4 Å². The fourth-order valence-electron chi connectivity index (χ4n) is 3.16. The first-order valence-electron chi connectivity index (χ1n) is 8.41. The second-order valence-corrected chi connectivity index (χ2v) is 6.21. The van der Waals surface area contributed by atoms with Crippen molar-refractivity contribution in [3.8, 4) is 11.1 Å². The maximum absolute atomic E-state index is 12.6. The molecule has 1 atom stereocenters. The Hall–Kier alpha value is -2.98. The van der Waals surface area contributed by atoms with Crippen LogP contribution in [0.4, 0.5) is 5.69 Å². The molecule has 0 saturated carbocycles. The van der Waals surface area contributed by atoms with Gasteiger partial charge in [0.25, 0.3) is 0 Å². The van der Waals surface area contributed by atoms with E-state index in [1.807, 2.05) is 48.5 Å². The first-order chi connectivity index (χ1) is 12.3. The van der Waals surface area contributed by atoms with Crippen LogP contribution in [0.5, 0.6) is 0 Å². The molecule has 0 unspecified atom stereocenters. The summed E-state index contributed by atoms with van der Waals surface area (Å²) in [5.74, 6) is 0.00571. The van der Waals surface area contributed by atoms with Gasteiger partial charge in [0.2, 0.25) is 5.91 Å². The lowest BCUT2D eigenvalue weighted by atomic mass is 9.95. The normalized spacial score (nSPS) is 16.1. The van der Waals surface area contributed by atoms with Crippen LogP contribution in [0.2, 0.25) is 0 Å². The molecule has 0 aliphatic carbocycles. The third-order valence-corrected chi connectivity index (χ3v) is 4.56. The molecule has 0 spiro atoms. The first kappa shape index (κ1) is 15.5. The average molecular weight is 329 g/mol. The quantitative estimate of drug-likeness (QED) is 0.774. The molecule has 4 nitrogen and oxygen atoms in total. The summed E-state index contributed by atoms with van der Waals surface area (Å²) in [5.41, 5.74) is 5.54. The smallest absolute Gasteiger partial charge is 0.241 e. The van der Waals surface area contributed by atoms with E-state index >= 15 is 0 Å². The van der Waals surface area contributed by atoms with Gasteiger partial charge in [-0.3, -0.25) is 9.78 Å². The summed E-state index contributed by atoms with van der Waals surface area (Å²) in [5, 5.41) is 6.32. The number of anilines is 1. The zero-order valence-corrected chi connectivity index (χ0v) is 13.8. The highest BCUT2D eigenvalue weighted by Crippen LogP contribution is 2.21. The van der Waals surface area contributed by atoms with Crippen molar-refractivity contribution in [3.63, 3.8) is 0 Å². The highest BCUT2D eigenvalue weighted by atomic mass is 16.2. The molecule has 2 aromatic carbocycles. The molecule has 0 bridgehead atoms. The van der Waals surface area contributed by atoms with Gasteiger partial charge in [-0.15, -0.1) is 0 Å². The van der Waals surface area contributed by atoms with Crippen LogP contribution in [0, 0.1) is 0 Å². The number of rotatable bonds is 3. The van der Waals surface area contributed by atoms with E-state index < -0.39 is 0 Å². The average Bonchev–Trinajstić information content (AvgIpc) is 2.69. The fraction of sp³-hybridized carbons (Fsp3) is 0.143. The Kier molecular flexibility index (Phi) is 4.27. The lowest BCUT2D eigenvalue weighted by Gasteiger charge is -2.25. The topological polar surface area (TPSA) is 54.0 Å². The second-order valence-electron chi connectivity index (χ2n) is 6.21. The molecule has 1 amide bonds. The van der Waals surface area contributed by atoms with E-state index in [-0.39, 0.29) is 11.9 Å². The molecular formula is C21H19N3O. The Bertz CT molecular complexity index is 875. The summed E-state index contributed by atoms with van der Waals surface area (Å²) < 4.78 is 0. The Morgan fingerprint density at radius 1 is 0.920 bits per heavy atom. The van der Waals surface area contributed by atoms with E-state index in [1.165, 1.54) is 11.1 Å². The maximum Gasteiger partial charge on any atom is 0.241 e. The molecule has 4 rings (SSSR count). The van der Waals surface area contributed by atoms with Gasteiger partial charge in [-0.05, 0) is 52.9 Å². The zero-order chi connectivity index (χ0) is 17.1. The molecule has 1 aliphatic heterocycles. The summed E-state index contributed by atoms with van der Waals surface area (Å²) >= 11 is 0. The number of nitrogens with one attached hydrogen (secondary N) is 2. The van der Waals surface area contributed by atoms with Gasteiger partial charge in [-0.1, -0.05) is 36.4 Å². The molecule has 0 fully saturated rings. The molecule has 1 aromatic heterocycles. The number of fused-ring (bicyclic) bond motifs is 1. The Labute approximate surface area is 146 Å².